The van der Waals surface area contributed by atoms with Crippen molar-refractivity contribution in [1.29, 1.82) is 0 Å². The number of ether oxygens (including phenoxy) is 1. The summed E-state index contributed by atoms with van der Waals surface area (Å²) in [6, 6.07) is 5.72. The summed E-state index contributed by atoms with van der Waals surface area (Å²) in [5, 5.41) is 3.50. The van der Waals surface area contributed by atoms with Crippen molar-refractivity contribution in [1.82, 2.24) is 15.0 Å². The van der Waals surface area contributed by atoms with Gasteiger partial charge in [0.25, 0.3) is 0 Å². The van der Waals surface area contributed by atoms with Gasteiger partial charge in [-0.25, -0.2) is 23.7 Å². The van der Waals surface area contributed by atoms with Crippen molar-refractivity contribution in [2.75, 3.05) is 12.4 Å². The number of aromatic nitrogens is 3. The third-order valence-electron chi connectivity index (χ3n) is 7.76. The van der Waals surface area contributed by atoms with E-state index in [1.54, 1.807) is 12.4 Å². The van der Waals surface area contributed by atoms with Gasteiger partial charge in [-0.1, -0.05) is 44.6 Å². The third-order valence-corrected chi connectivity index (χ3v) is 8.05. The van der Waals surface area contributed by atoms with E-state index in [-0.39, 0.29) is 22.9 Å². The SMILES string of the molecule is COc1cccc(F)c1-c1nc(Nc2c(C3CCCCC3)ncnc2C2CCCCC2)c(CCl)cc1F. The van der Waals surface area contributed by atoms with E-state index in [0.717, 1.165) is 42.8 Å². The highest BCUT2D eigenvalue weighted by molar-refractivity contribution is 6.17. The van der Waals surface area contributed by atoms with Gasteiger partial charge in [0.2, 0.25) is 0 Å². The Balaban J connectivity index is 1.64. The smallest absolute Gasteiger partial charge is 0.150 e. The van der Waals surface area contributed by atoms with Gasteiger partial charge in [-0.15, -0.1) is 11.6 Å². The summed E-state index contributed by atoms with van der Waals surface area (Å²) >= 11 is 6.26. The quantitative estimate of drug-likeness (QED) is 0.313. The van der Waals surface area contributed by atoms with Gasteiger partial charge in [0.05, 0.1) is 35.6 Å². The van der Waals surface area contributed by atoms with E-state index in [1.165, 1.54) is 63.8 Å². The second-order valence-corrected chi connectivity index (χ2v) is 10.4. The zero-order valence-corrected chi connectivity index (χ0v) is 22.0. The number of pyridine rings is 1. The third kappa shape index (κ3) is 5.42. The summed E-state index contributed by atoms with van der Waals surface area (Å²) in [6.45, 7) is 0. The predicted molar refractivity (Wildman–Crippen MR) is 143 cm³/mol. The average Bonchev–Trinajstić information content (AvgIpc) is 2.94. The van der Waals surface area contributed by atoms with E-state index in [0.29, 0.717) is 23.2 Å². The Morgan fingerprint density at radius 3 is 2.11 bits per heavy atom. The molecule has 0 saturated heterocycles. The maximum atomic E-state index is 15.3. The lowest BCUT2D eigenvalue weighted by Gasteiger charge is -2.28. The first-order valence-electron chi connectivity index (χ1n) is 13.3. The van der Waals surface area contributed by atoms with Gasteiger partial charge < -0.3 is 10.1 Å². The van der Waals surface area contributed by atoms with Gasteiger partial charge in [0.1, 0.15) is 35.2 Å². The fourth-order valence-electron chi connectivity index (χ4n) is 5.85. The highest BCUT2D eigenvalue weighted by Gasteiger charge is 2.28. The number of benzene rings is 1. The molecule has 2 saturated carbocycles. The molecule has 5 rings (SSSR count). The van der Waals surface area contributed by atoms with E-state index in [1.807, 2.05) is 0 Å². The van der Waals surface area contributed by atoms with Crippen LogP contribution >= 0.6 is 11.6 Å². The molecule has 2 fully saturated rings. The molecule has 0 spiro atoms. The number of anilines is 2. The second-order valence-electron chi connectivity index (χ2n) is 10.1. The van der Waals surface area contributed by atoms with Crippen LogP contribution in [-0.4, -0.2) is 22.1 Å². The summed E-state index contributed by atoms with van der Waals surface area (Å²) in [6.07, 6.45) is 13.2. The van der Waals surface area contributed by atoms with Crippen molar-refractivity contribution in [2.24, 2.45) is 0 Å². The largest absolute Gasteiger partial charge is 0.496 e. The van der Waals surface area contributed by atoms with E-state index in [9.17, 15) is 4.39 Å². The maximum absolute atomic E-state index is 15.3. The van der Waals surface area contributed by atoms with Crippen LogP contribution in [0.25, 0.3) is 11.3 Å². The van der Waals surface area contributed by atoms with Crippen LogP contribution in [0, 0.1) is 11.6 Å². The molecule has 1 aromatic carbocycles. The fraction of sp³-hybridized carbons (Fsp3) is 0.483. The molecule has 2 aliphatic rings. The van der Waals surface area contributed by atoms with Crippen molar-refractivity contribution >= 4 is 23.1 Å². The molecule has 0 aliphatic heterocycles. The number of halogens is 3. The van der Waals surface area contributed by atoms with Crippen LogP contribution in [0.4, 0.5) is 20.3 Å². The molecule has 0 radical (unpaired) electrons. The van der Waals surface area contributed by atoms with Crippen molar-refractivity contribution in [2.45, 2.75) is 81.9 Å². The number of alkyl halides is 1. The second kappa shape index (κ2) is 11.7. The van der Waals surface area contributed by atoms with Gasteiger partial charge in [-0.2, -0.15) is 0 Å². The minimum atomic E-state index is -0.658. The Bertz CT molecular complexity index is 1210. The highest BCUT2D eigenvalue weighted by Crippen LogP contribution is 2.43. The van der Waals surface area contributed by atoms with E-state index in [2.05, 4.69) is 10.3 Å². The normalized spacial score (nSPS) is 17.1. The van der Waals surface area contributed by atoms with Gasteiger partial charge in [0.15, 0.2) is 0 Å². The molecular formula is C29H33ClF2N4O. The molecule has 0 atom stereocenters. The number of hydrogen-bond acceptors (Lipinski definition) is 5. The zero-order chi connectivity index (χ0) is 25.8. The van der Waals surface area contributed by atoms with Crippen LogP contribution < -0.4 is 10.1 Å². The molecule has 8 heteroatoms. The Morgan fingerprint density at radius 1 is 0.919 bits per heavy atom. The standard InChI is InChI=1S/C29H33ClF2N4O/c1-37-23-14-8-13-21(31)24(23)27-22(32)15-20(16-30)29(35-27)36-28-25(18-9-4-2-5-10-18)33-17-34-26(28)19-11-6-3-7-12-19/h8,13-15,17-19H,2-7,9-12,16H2,1H3,(H,35,36). The van der Waals surface area contributed by atoms with Crippen molar-refractivity contribution in [3.05, 3.63) is 59.2 Å². The lowest BCUT2D eigenvalue weighted by molar-refractivity contribution is 0.413. The molecule has 5 nitrogen and oxygen atoms in total. The summed E-state index contributed by atoms with van der Waals surface area (Å²) in [4.78, 5) is 14.1. The Labute approximate surface area is 222 Å². The molecule has 1 N–H and O–H groups in total. The number of hydrogen-bond donors (Lipinski definition) is 1. The first-order valence-corrected chi connectivity index (χ1v) is 13.8. The minimum absolute atomic E-state index is 0.0176. The Kier molecular flexibility index (Phi) is 8.18. The average molecular weight is 527 g/mol. The van der Waals surface area contributed by atoms with E-state index >= 15 is 4.39 Å². The molecule has 2 aromatic heterocycles. The Hall–Kier alpha value is -2.80. The van der Waals surface area contributed by atoms with Crippen LogP contribution in [0.2, 0.25) is 0 Å². The van der Waals surface area contributed by atoms with Gasteiger partial charge in [-0.05, 0) is 43.9 Å². The molecule has 0 amide bonds. The van der Waals surface area contributed by atoms with Crippen molar-refractivity contribution in [3.8, 4) is 17.0 Å². The molecule has 2 aliphatic carbocycles. The molecule has 2 heterocycles. The summed E-state index contributed by atoms with van der Waals surface area (Å²) in [7, 11) is 1.43. The van der Waals surface area contributed by atoms with Crippen molar-refractivity contribution < 1.29 is 13.5 Å². The lowest BCUT2D eigenvalue weighted by Crippen LogP contribution is -2.16. The highest BCUT2D eigenvalue weighted by atomic mass is 35.5. The van der Waals surface area contributed by atoms with E-state index < -0.39 is 11.6 Å². The first kappa shape index (κ1) is 25.8. The zero-order valence-electron chi connectivity index (χ0n) is 21.2. The summed E-state index contributed by atoms with van der Waals surface area (Å²) < 4.78 is 35.5. The van der Waals surface area contributed by atoms with Crippen LogP contribution in [-0.2, 0) is 5.88 Å². The topological polar surface area (TPSA) is 59.9 Å². The van der Waals surface area contributed by atoms with Crippen LogP contribution in [0.5, 0.6) is 5.75 Å². The van der Waals surface area contributed by atoms with E-state index in [4.69, 9.17) is 26.3 Å². The molecule has 37 heavy (non-hydrogen) atoms. The molecular weight excluding hydrogens is 494 g/mol. The molecule has 3 aromatic rings. The molecule has 0 bridgehead atoms. The number of nitrogens with one attached hydrogen (secondary N) is 1. The molecule has 0 unspecified atom stereocenters. The maximum Gasteiger partial charge on any atom is 0.150 e. The monoisotopic (exact) mass is 526 g/mol. The minimum Gasteiger partial charge on any atom is -0.496 e. The summed E-state index contributed by atoms with van der Waals surface area (Å²) in [5.41, 5.74) is 3.20. The van der Waals surface area contributed by atoms with Gasteiger partial charge in [-0.3, -0.25) is 0 Å². The molecule has 196 valence electrons. The summed E-state index contributed by atoms with van der Waals surface area (Å²) in [5.74, 6) is 0.0374. The number of methoxy groups -OCH3 is 1. The fourth-order valence-corrected chi connectivity index (χ4v) is 6.05. The van der Waals surface area contributed by atoms with Crippen LogP contribution in [0.3, 0.4) is 0 Å². The van der Waals surface area contributed by atoms with Crippen LogP contribution in [0.15, 0.2) is 30.6 Å². The first-order chi connectivity index (χ1) is 18.1. The lowest BCUT2D eigenvalue weighted by atomic mass is 9.82. The Morgan fingerprint density at radius 2 is 1.54 bits per heavy atom. The van der Waals surface area contributed by atoms with Crippen LogP contribution in [0.1, 0.15) is 93.0 Å². The number of nitrogens with zero attached hydrogens (tertiary/aromatic N) is 3. The van der Waals surface area contributed by atoms with Crippen molar-refractivity contribution in [3.63, 3.8) is 0 Å². The van der Waals surface area contributed by atoms with Gasteiger partial charge in [0, 0.05) is 17.4 Å². The predicted octanol–water partition coefficient (Wildman–Crippen LogP) is 8.40. The number of rotatable bonds is 7. The van der Waals surface area contributed by atoms with Gasteiger partial charge >= 0.3 is 0 Å².